The molecule has 80 valence electrons. The van der Waals surface area contributed by atoms with Crippen molar-refractivity contribution < 1.29 is 13.9 Å². The number of hydrogen-bond donors (Lipinski definition) is 2. The van der Waals surface area contributed by atoms with Crippen LogP contribution in [0.4, 0.5) is 4.39 Å². The second-order valence-electron chi connectivity index (χ2n) is 3.40. The Hall–Kier alpha value is -1.62. The number of ether oxygens (including phenoxy) is 1. The van der Waals surface area contributed by atoms with Gasteiger partial charge in [0.15, 0.2) is 0 Å². The number of carbonyl (C=O) groups excluding carboxylic acids is 1. The van der Waals surface area contributed by atoms with E-state index in [0.29, 0.717) is 11.3 Å². The molecule has 0 bridgehead atoms. The van der Waals surface area contributed by atoms with E-state index < -0.39 is 6.04 Å². The molecule has 2 rings (SSSR count). The van der Waals surface area contributed by atoms with Gasteiger partial charge in [-0.15, -0.1) is 0 Å². The quantitative estimate of drug-likeness (QED) is 0.691. The third-order valence-electron chi connectivity index (χ3n) is 2.49. The fourth-order valence-corrected chi connectivity index (χ4v) is 1.61. The number of carbonyl (C=O) groups is 1. The molecule has 1 heterocycles. The van der Waals surface area contributed by atoms with Crippen LogP contribution in [0.25, 0.3) is 0 Å². The number of halogens is 1. The molecule has 3 N–H and O–H groups in total. The SMILES string of the molecule is COc1ccc(F)cc1C1NC(=O)C1N. The van der Waals surface area contributed by atoms with Crippen molar-refractivity contribution in [2.24, 2.45) is 5.73 Å². The molecule has 15 heavy (non-hydrogen) atoms. The van der Waals surface area contributed by atoms with Crippen LogP contribution in [0.3, 0.4) is 0 Å². The summed E-state index contributed by atoms with van der Waals surface area (Å²) >= 11 is 0. The smallest absolute Gasteiger partial charge is 0.239 e. The van der Waals surface area contributed by atoms with Gasteiger partial charge in [-0.1, -0.05) is 0 Å². The number of benzene rings is 1. The number of nitrogens with one attached hydrogen (secondary N) is 1. The number of hydrogen-bond acceptors (Lipinski definition) is 3. The minimum absolute atomic E-state index is 0.230. The molecule has 2 unspecified atom stereocenters. The number of amides is 1. The van der Waals surface area contributed by atoms with E-state index in [1.807, 2.05) is 0 Å². The van der Waals surface area contributed by atoms with Crippen molar-refractivity contribution in [3.63, 3.8) is 0 Å². The number of nitrogens with two attached hydrogens (primary N) is 1. The maximum absolute atomic E-state index is 13.0. The van der Waals surface area contributed by atoms with Crippen molar-refractivity contribution in [2.75, 3.05) is 7.11 Å². The van der Waals surface area contributed by atoms with Crippen molar-refractivity contribution in [2.45, 2.75) is 12.1 Å². The molecular weight excluding hydrogens is 199 g/mol. The molecule has 0 saturated carbocycles. The average Bonchev–Trinajstić information content (AvgIpc) is 2.25. The van der Waals surface area contributed by atoms with Crippen LogP contribution >= 0.6 is 0 Å². The van der Waals surface area contributed by atoms with Crippen LogP contribution in [0.1, 0.15) is 11.6 Å². The Morgan fingerprint density at radius 2 is 2.27 bits per heavy atom. The molecule has 2 atom stereocenters. The van der Waals surface area contributed by atoms with Crippen molar-refractivity contribution in [3.8, 4) is 5.75 Å². The molecule has 0 aliphatic carbocycles. The van der Waals surface area contributed by atoms with E-state index >= 15 is 0 Å². The van der Waals surface area contributed by atoms with Gasteiger partial charge in [-0.3, -0.25) is 4.79 Å². The lowest BCUT2D eigenvalue weighted by Crippen LogP contribution is -2.60. The van der Waals surface area contributed by atoms with E-state index in [0.717, 1.165) is 0 Å². The van der Waals surface area contributed by atoms with Gasteiger partial charge in [0.05, 0.1) is 13.2 Å². The molecule has 1 aliphatic rings. The number of methoxy groups -OCH3 is 1. The van der Waals surface area contributed by atoms with Crippen LogP contribution in [-0.4, -0.2) is 19.1 Å². The first kappa shape index (κ1) is 9.92. The van der Waals surface area contributed by atoms with Gasteiger partial charge in [0.25, 0.3) is 0 Å². The minimum Gasteiger partial charge on any atom is -0.496 e. The predicted molar refractivity (Wildman–Crippen MR) is 51.8 cm³/mol. The Morgan fingerprint density at radius 3 is 2.80 bits per heavy atom. The summed E-state index contributed by atoms with van der Waals surface area (Å²) in [5, 5.41) is 2.60. The minimum atomic E-state index is -0.624. The highest BCUT2D eigenvalue weighted by atomic mass is 19.1. The maximum Gasteiger partial charge on any atom is 0.239 e. The van der Waals surface area contributed by atoms with Gasteiger partial charge in [-0.25, -0.2) is 4.39 Å². The Balaban J connectivity index is 2.34. The summed E-state index contributed by atoms with van der Waals surface area (Å²) < 4.78 is 18.1. The first-order chi connectivity index (χ1) is 7.13. The summed E-state index contributed by atoms with van der Waals surface area (Å²) in [6.45, 7) is 0. The zero-order valence-corrected chi connectivity index (χ0v) is 8.16. The summed E-state index contributed by atoms with van der Waals surface area (Å²) in [4.78, 5) is 10.9. The topological polar surface area (TPSA) is 64.3 Å². The first-order valence-corrected chi connectivity index (χ1v) is 4.53. The summed E-state index contributed by atoms with van der Waals surface area (Å²) in [7, 11) is 1.49. The number of rotatable bonds is 2. The van der Waals surface area contributed by atoms with Gasteiger partial charge in [-0.05, 0) is 18.2 Å². The Kier molecular flexibility index (Phi) is 2.32. The van der Waals surface area contributed by atoms with Gasteiger partial charge in [-0.2, -0.15) is 0 Å². The summed E-state index contributed by atoms with van der Waals surface area (Å²) in [6.07, 6.45) is 0. The van der Waals surface area contributed by atoms with Crippen molar-refractivity contribution in [1.29, 1.82) is 0 Å². The van der Waals surface area contributed by atoms with Gasteiger partial charge in [0, 0.05) is 5.56 Å². The third kappa shape index (κ3) is 1.55. The summed E-state index contributed by atoms with van der Waals surface area (Å²) in [5.41, 5.74) is 6.16. The lowest BCUT2D eigenvalue weighted by Gasteiger charge is -2.34. The molecule has 0 radical (unpaired) electrons. The van der Waals surface area contributed by atoms with Gasteiger partial charge >= 0.3 is 0 Å². The highest BCUT2D eigenvalue weighted by Gasteiger charge is 2.38. The second kappa shape index (κ2) is 3.51. The lowest BCUT2D eigenvalue weighted by molar-refractivity contribution is -0.130. The molecule has 1 aromatic carbocycles. The monoisotopic (exact) mass is 210 g/mol. The normalized spacial score (nSPS) is 24.3. The van der Waals surface area contributed by atoms with E-state index in [1.165, 1.54) is 25.3 Å². The molecular formula is C10H11FN2O2. The van der Waals surface area contributed by atoms with Crippen LogP contribution in [0.15, 0.2) is 18.2 Å². The standard InChI is InChI=1S/C10H11FN2O2/c1-15-7-3-2-5(11)4-6(7)9-8(12)10(14)13-9/h2-4,8-9H,12H2,1H3,(H,13,14). The molecule has 0 aromatic heterocycles. The summed E-state index contributed by atoms with van der Waals surface area (Å²) in [6, 6.07) is 3.16. The second-order valence-corrected chi connectivity index (χ2v) is 3.40. The number of β-lactam (4-membered cyclic amide) rings is 1. The average molecular weight is 210 g/mol. The van der Waals surface area contributed by atoms with Crippen molar-refractivity contribution >= 4 is 5.91 Å². The highest BCUT2D eigenvalue weighted by Crippen LogP contribution is 2.31. The van der Waals surface area contributed by atoms with Gasteiger partial charge in [0.1, 0.15) is 17.6 Å². The maximum atomic E-state index is 13.0. The van der Waals surface area contributed by atoms with Gasteiger partial charge in [0.2, 0.25) is 5.91 Å². The summed E-state index contributed by atoms with van der Waals surface area (Å²) in [5.74, 6) is -0.0812. The van der Waals surface area contributed by atoms with Crippen molar-refractivity contribution in [1.82, 2.24) is 5.32 Å². The fourth-order valence-electron chi connectivity index (χ4n) is 1.61. The predicted octanol–water partition coefficient (Wildman–Crippen LogP) is 0.333. The fraction of sp³-hybridized carbons (Fsp3) is 0.300. The van der Waals surface area contributed by atoms with E-state index in [-0.39, 0.29) is 17.8 Å². The van der Waals surface area contributed by atoms with E-state index in [4.69, 9.17) is 10.5 Å². The van der Waals surface area contributed by atoms with Crippen LogP contribution in [-0.2, 0) is 4.79 Å². The molecule has 1 amide bonds. The Labute approximate surface area is 86.2 Å². The first-order valence-electron chi connectivity index (χ1n) is 4.53. The van der Waals surface area contributed by atoms with Crippen LogP contribution in [0.5, 0.6) is 5.75 Å². The zero-order valence-electron chi connectivity index (χ0n) is 8.16. The third-order valence-corrected chi connectivity index (χ3v) is 2.49. The zero-order chi connectivity index (χ0) is 11.0. The van der Waals surface area contributed by atoms with E-state index in [2.05, 4.69) is 5.32 Å². The van der Waals surface area contributed by atoms with E-state index in [9.17, 15) is 9.18 Å². The highest BCUT2D eigenvalue weighted by molar-refractivity contribution is 5.89. The van der Waals surface area contributed by atoms with Crippen LogP contribution in [0, 0.1) is 5.82 Å². The Bertz CT molecular complexity index is 408. The Morgan fingerprint density at radius 1 is 1.53 bits per heavy atom. The lowest BCUT2D eigenvalue weighted by atomic mass is 9.91. The van der Waals surface area contributed by atoms with E-state index in [1.54, 1.807) is 0 Å². The molecule has 1 aromatic rings. The molecule has 1 saturated heterocycles. The molecule has 1 aliphatic heterocycles. The molecule has 0 spiro atoms. The van der Waals surface area contributed by atoms with Crippen LogP contribution in [0.2, 0.25) is 0 Å². The molecule has 1 fully saturated rings. The largest absolute Gasteiger partial charge is 0.496 e. The van der Waals surface area contributed by atoms with Crippen LogP contribution < -0.4 is 15.8 Å². The van der Waals surface area contributed by atoms with Crippen molar-refractivity contribution in [3.05, 3.63) is 29.6 Å². The molecule has 5 heteroatoms. The van der Waals surface area contributed by atoms with Gasteiger partial charge < -0.3 is 15.8 Å². The molecule has 4 nitrogen and oxygen atoms in total.